The van der Waals surface area contributed by atoms with E-state index in [9.17, 15) is 0 Å². The highest BCUT2D eigenvalue weighted by Gasteiger charge is 2.34. The van der Waals surface area contributed by atoms with Crippen LogP contribution in [0.5, 0.6) is 0 Å². The van der Waals surface area contributed by atoms with Gasteiger partial charge < -0.3 is 15.5 Å². The van der Waals surface area contributed by atoms with Gasteiger partial charge in [-0.05, 0) is 44.8 Å². The Morgan fingerprint density at radius 1 is 1.23 bits per heavy atom. The summed E-state index contributed by atoms with van der Waals surface area (Å²) in [6.07, 6.45) is 22.0. The van der Waals surface area contributed by atoms with Gasteiger partial charge in [-0.3, -0.25) is 15.0 Å². The maximum atomic E-state index is 6.51. The van der Waals surface area contributed by atoms with Crippen molar-refractivity contribution in [1.82, 2.24) is 19.8 Å². The predicted molar refractivity (Wildman–Crippen MR) is 142 cm³/mol. The lowest BCUT2D eigenvalue weighted by atomic mass is 10.1. The smallest absolute Gasteiger partial charge is 0.155 e. The van der Waals surface area contributed by atoms with E-state index in [1.165, 1.54) is 0 Å². The van der Waals surface area contributed by atoms with Gasteiger partial charge in [-0.25, -0.2) is 10.0 Å². The monoisotopic (exact) mass is 470 g/mol. The Bertz CT molecular complexity index is 1180. The van der Waals surface area contributed by atoms with Gasteiger partial charge in [0.15, 0.2) is 5.84 Å². The number of amidine groups is 2. The third-order valence-electron chi connectivity index (χ3n) is 6.45. The van der Waals surface area contributed by atoms with E-state index < -0.39 is 0 Å². The lowest BCUT2D eigenvalue weighted by Gasteiger charge is -2.22. The Morgan fingerprint density at radius 3 is 2.89 bits per heavy atom. The van der Waals surface area contributed by atoms with Crippen LogP contribution in [0, 0.1) is 0 Å². The van der Waals surface area contributed by atoms with Gasteiger partial charge in [-0.1, -0.05) is 18.2 Å². The predicted octanol–water partition coefficient (Wildman–Crippen LogP) is 1.68. The van der Waals surface area contributed by atoms with Crippen molar-refractivity contribution in [2.45, 2.75) is 24.5 Å². The Hall–Kier alpha value is -4.05. The van der Waals surface area contributed by atoms with E-state index in [4.69, 9.17) is 15.7 Å². The summed E-state index contributed by atoms with van der Waals surface area (Å²) >= 11 is 0. The highest BCUT2D eigenvalue weighted by atomic mass is 15.5. The van der Waals surface area contributed by atoms with Crippen LogP contribution in [-0.2, 0) is 0 Å². The molecule has 0 aliphatic carbocycles. The molecule has 5 rings (SSSR count). The molecular weight excluding hydrogens is 440 g/mol. The Balaban J connectivity index is 1.39. The Morgan fingerprint density at radius 2 is 2.09 bits per heavy atom. The summed E-state index contributed by atoms with van der Waals surface area (Å²) in [5.74, 6) is 1.34. The number of hydrazone groups is 2. The first kappa shape index (κ1) is 22.7. The number of likely N-dealkylation sites (tertiary alicyclic amines) is 1. The molecule has 10 heteroatoms. The van der Waals surface area contributed by atoms with E-state index in [1.807, 2.05) is 60.1 Å². The molecule has 5 heterocycles. The number of aliphatic imine (C=N–C) groups is 3. The second-order valence-electron chi connectivity index (χ2n) is 8.94. The number of allylic oxidation sites excluding steroid dienone is 5. The van der Waals surface area contributed by atoms with Crippen molar-refractivity contribution < 1.29 is 0 Å². The number of hydrogen-bond acceptors (Lipinski definition) is 9. The van der Waals surface area contributed by atoms with Gasteiger partial charge in [-0.15, -0.1) is 0 Å². The number of fused-ring (bicyclic) bond motifs is 1. The molecule has 0 aromatic carbocycles. The third kappa shape index (κ3) is 4.92. The average molecular weight is 471 g/mol. The van der Waals surface area contributed by atoms with Crippen molar-refractivity contribution in [3.05, 3.63) is 72.5 Å². The standard InChI is InChI=1S/C25H30N10/c1-27-34-11-6-4-8-18(34)15-28-20(14-21-25(31-21)33-13-10-19(17-33)32(2)3)24(26)30-22-16-29-35-12-7-5-9-23(22)35/h4-9,11-12,14-16,19,22-23H,1,10,13,17H2,2-3H3,(H2,26,30)/b18-15+,21-14+,28-20-. The van der Waals surface area contributed by atoms with Crippen molar-refractivity contribution in [1.29, 1.82) is 0 Å². The lowest BCUT2D eigenvalue weighted by molar-refractivity contribution is 0.302. The summed E-state index contributed by atoms with van der Waals surface area (Å²) in [7, 11) is 4.24. The van der Waals surface area contributed by atoms with Gasteiger partial charge in [0.2, 0.25) is 0 Å². The topological polar surface area (TPSA) is 101 Å². The normalized spacial score (nSPS) is 29.7. The fourth-order valence-corrected chi connectivity index (χ4v) is 4.35. The van der Waals surface area contributed by atoms with Crippen LogP contribution in [-0.4, -0.2) is 95.4 Å². The van der Waals surface area contributed by atoms with Gasteiger partial charge in [0.05, 0.1) is 24.2 Å². The number of nitrogens with zero attached hydrogens (tertiary/aromatic N) is 9. The SMILES string of the molecule is C=NN1C=CC=C\C1=C/N=C(/C=C1N=C/1N1CCC(N(C)C)C1)C(N)=NC1C=NN2C=CC=CC12. The molecule has 0 aromatic heterocycles. The maximum Gasteiger partial charge on any atom is 0.155 e. The molecule has 180 valence electrons. The van der Waals surface area contributed by atoms with E-state index in [0.717, 1.165) is 36.7 Å². The summed E-state index contributed by atoms with van der Waals surface area (Å²) < 4.78 is 0. The second-order valence-corrected chi connectivity index (χ2v) is 8.94. The molecule has 5 aliphatic heterocycles. The fourth-order valence-electron chi connectivity index (χ4n) is 4.35. The highest BCUT2D eigenvalue weighted by Crippen LogP contribution is 2.26. The number of nitrogens with two attached hydrogens (primary N) is 1. The molecule has 5 aliphatic rings. The minimum atomic E-state index is -0.199. The summed E-state index contributed by atoms with van der Waals surface area (Å²) in [5.41, 5.74) is 8.71. The fraction of sp³-hybridized carbons (Fsp3) is 0.320. The van der Waals surface area contributed by atoms with E-state index in [-0.39, 0.29) is 12.1 Å². The van der Waals surface area contributed by atoms with E-state index in [2.05, 4.69) is 51.9 Å². The van der Waals surface area contributed by atoms with Crippen molar-refractivity contribution >= 4 is 30.3 Å². The van der Waals surface area contributed by atoms with Crippen LogP contribution in [0.3, 0.4) is 0 Å². The van der Waals surface area contributed by atoms with Crippen LogP contribution in [0.1, 0.15) is 6.42 Å². The molecule has 1 fully saturated rings. The average Bonchev–Trinajstić information content (AvgIpc) is 3.26. The second kappa shape index (κ2) is 9.67. The molecule has 0 bridgehead atoms. The largest absolute Gasteiger partial charge is 0.382 e. The zero-order chi connectivity index (χ0) is 24.4. The van der Waals surface area contributed by atoms with Gasteiger partial charge in [0.25, 0.3) is 0 Å². The van der Waals surface area contributed by atoms with Crippen molar-refractivity contribution in [3.63, 3.8) is 0 Å². The van der Waals surface area contributed by atoms with Crippen LogP contribution in [0.4, 0.5) is 0 Å². The first-order valence-corrected chi connectivity index (χ1v) is 11.7. The summed E-state index contributed by atoms with van der Waals surface area (Å²) in [4.78, 5) is 18.7. The van der Waals surface area contributed by atoms with Gasteiger partial charge in [-0.2, -0.15) is 10.2 Å². The molecular formula is C25H30N10. The summed E-state index contributed by atoms with van der Waals surface area (Å²) in [6, 6.07) is 0.350. The molecule has 3 unspecified atom stereocenters. The zero-order valence-electron chi connectivity index (χ0n) is 20.0. The highest BCUT2D eigenvalue weighted by molar-refractivity contribution is 6.46. The molecule has 0 amide bonds. The van der Waals surface area contributed by atoms with Crippen LogP contribution in [0.25, 0.3) is 0 Å². The minimum absolute atomic E-state index is 0.0120. The van der Waals surface area contributed by atoms with Gasteiger partial charge in [0, 0.05) is 38.2 Å². The lowest BCUT2D eigenvalue weighted by Crippen LogP contribution is -2.34. The van der Waals surface area contributed by atoms with E-state index >= 15 is 0 Å². The third-order valence-corrected chi connectivity index (χ3v) is 6.45. The first-order valence-electron chi connectivity index (χ1n) is 11.7. The quantitative estimate of drug-likeness (QED) is 0.470. The Kier molecular flexibility index (Phi) is 6.28. The Labute approximate surface area is 205 Å². The van der Waals surface area contributed by atoms with Crippen molar-refractivity contribution in [3.8, 4) is 0 Å². The van der Waals surface area contributed by atoms with Crippen LogP contribution in [0.2, 0.25) is 0 Å². The number of hydrogen-bond donors (Lipinski definition) is 1. The van der Waals surface area contributed by atoms with Gasteiger partial charge >= 0.3 is 0 Å². The zero-order valence-corrected chi connectivity index (χ0v) is 20.0. The van der Waals surface area contributed by atoms with Crippen LogP contribution >= 0.6 is 0 Å². The molecule has 10 nitrogen and oxygen atoms in total. The van der Waals surface area contributed by atoms with Gasteiger partial charge in [0.1, 0.15) is 23.3 Å². The molecule has 0 radical (unpaired) electrons. The van der Waals surface area contributed by atoms with Crippen molar-refractivity contribution in [2.24, 2.45) is 30.9 Å². The molecule has 0 aromatic rings. The molecule has 35 heavy (non-hydrogen) atoms. The number of rotatable bonds is 6. The van der Waals surface area contributed by atoms with Crippen LogP contribution in [0.15, 0.2) is 97.7 Å². The molecule has 0 spiro atoms. The summed E-state index contributed by atoms with van der Waals surface area (Å²) in [5, 5.41) is 11.9. The minimum Gasteiger partial charge on any atom is -0.382 e. The molecule has 2 N–H and O–H groups in total. The number of likely N-dealkylation sites (N-methyl/N-ethyl adjacent to an activating group) is 1. The maximum absolute atomic E-state index is 6.51. The molecule has 0 saturated carbocycles. The molecule has 1 saturated heterocycles. The molecule has 3 atom stereocenters. The van der Waals surface area contributed by atoms with E-state index in [0.29, 0.717) is 17.6 Å². The summed E-state index contributed by atoms with van der Waals surface area (Å²) in [6.45, 7) is 5.58. The first-order chi connectivity index (χ1) is 17.0. The van der Waals surface area contributed by atoms with Crippen LogP contribution < -0.4 is 5.73 Å². The van der Waals surface area contributed by atoms with E-state index in [1.54, 1.807) is 11.2 Å². The van der Waals surface area contributed by atoms with Crippen molar-refractivity contribution in [2.75, 3.05) is 27.2 Å².